The first-order chi connectivity index (χ1) is 12.6. The van der Waals surface area contributed by atoms with E-state index in [1.807, 2.05) is 12.1 Å². The second-order valence-corrected chi connectivity index (χ2v) is 5.55. The SMILES string of the molecule is COc1ccc(CN(C=O)Cc2cc(OC)c(O)c(OC)c2)cc1OC. The Morgan fingerprint density at radius 3 is 1.81 bits per heavy atom. The van der Waals surface area contributed by atoms with Crippen molar-refractivity contribution < 1.29 is 28.8 Å². The van der Waals surface area contributed by atoms with Gasteiger partial charge in [-0.2, -0.15) is 0 Å². The molecule has 0 saturated carbocycles. The summed E-state index contributed by atoms with van der Waals surface area (Å²) in [5.41, 5.74) is 1.66. The molecule has 2 aromatic carbocycles. The van der Waals surface area contributed by atoms with Crippen molar-refractivity contribution in [2.75, 3.05) is 28.4 Å². The molecule has 2 aromatic rings. The van der Waals surface area contributed by atoms with Crippen LogP contribution in [0.5, 0.6) is 28.7 Å². The van der Waals surface area contributed by atoms with E-state index in [9.17, 15) is 9.90 Å². The van der Waals surface area contributed by atoms with Crippen molar-refractivity contribution in [2.45, 2.75) is 13.1 Å². The Balaban J connectivity index is 2.21. The van der Waals surface area contributed by atoms with Crippen molar-refractivity contribution >= 4 is 6.41 Å². The minimum absolute atomic E-state index is 0.0729. The molecular weight excluding hydrogens is 338 g/mol. The highest BCUT2D eigenvalue weighted by Crippen LogP contribution is 2.37. The normalized spacial score (nSPS) is 10.2. The Bertz CT molecular complexity index is 737. The number of benzene rings is 2. The Hall–Kier alpha value is -3.09. The molecule has 2 rings (SSSR count). The van der Waals surface area contributed by atoms with E-state index in [0.717, 1.165) is 17.5 Å². The van der Waals surface area contributed by atoms with E-state index in [1.54, 1.807) is 37.3 Å². The van der Waals surface area contributed by atoms with Gasteiger partial charge in [-0.3, -0.25) is 4.79 Å². The van der Waals surface area contributed by atoms with Crippen LogP contribution < -0.4 is 18.9 Å². The number of methoxy groups -OCH3 is 4. The molecule has 7 nitrogen and oxygen atoms in total. The molecular formula is C19H23NO6. The number of hydrogen-bond acceptors (Lipinski definition) is 6. The zero-order valence-electron chi connectivity index (χ0n) is 15.3. The molecule has 0 aliphatic carbocycles. The van der Waals surface area contributed by atoms with Crippen LogP contribution >= 0.6 is 0 Å². The van der Waals surface area contributed by atoms with E-state index < -0.39 is 0 Å². The molecule has 1 N–H and O–H groups in total. The lowest BCUT2D eigenvalue weighted by atomic mass is 10.1. The zero-order chi connectivity index (χ0) is 19.1. The summed E-state index contributed by atoms with van der Waals surface area (Å²) in [7, 11) is 6.05. The van der Waals surface area contributed by atoms with Crippen molar-refractivity contribution in [1.82, 2.24) is 4.90 Å². The third-order valence-corrected chi connectivity index (χ3v) is 3.91. The molecule has 0 saturated heterocycles. The van der Waals surface area contributed by atoms with E-state index in [2.05, 4.69) is 0 Å². The molecule has 7 heteroatoms. The minimum Gasteiger partial charge on any atom is -0.502 e. The third-order valence-electron chi connectivity index (χ3n) is 3.91. The quantitative estimate of drug-likeness (QED) is 0.692. The average Bonchev–Trinajstić information content (AvgIpc) is 2.68. The van der Waals surface area contributed by atoms with Crippen molar-refractivity contribution in [3.8, 4) is 28.7 Å². The van der Waals surface area contributed by atoms with E-state index >= 15 is 0 Å². The molecule has 0 spiro atoms. The van der Waals surface area contributed by atoms with Crippen LogP contribution in [0.3, 0.4) is 0 Å². The maximum Gasteiger partial charge on any atom is 0.210 e. The summed E-state index contributed by atoms with van der Waals surface area (Å²) in [6.45, 7) is 0.709. The number of ether oxygens (including phenoxy) is 4. The molecule has 0 aliphatic rings. The van der Waals surface area contributed by atoms with E-state index in [0.29, 0.717) is 24.6 Å². The molecule has 0 heterocycles. The van der Waals surface area contributed by atoms with Gasteiger partial charge in [-0.15, -0.1) is 0 Å². The van der Waals surface area contributed by atoms with Gasteiger partial charge in [0.25, 0.3) is 0 Å². The van der Waals surface area contributed by atoms with E-state index in [-0.39, 0.29) is 17.2 Å². The Labute approximate surface area is 152 Å². The van der Waals surface area contributed by atoms with Crippen LogP contribution in [0, 0.1) is 0 Å². The van der Waals surface area contributed by atoms with Crippen molar-refractivity contribution in [2.24, 2.45) is 0 Å². The first kappa shape index (κ1) is 19.2. The largest absolute Gasteiger partial charge is 0.502 e. The zero-order valence-corrected chi connectivity index (χ0v) is 15.3. The number of aromatic hydroxyl groups is 1. The summed E-state index contributed by atoms with van der Waals surface area (Å²) < 4.78 is 20.8. The van der Waals surface area contributed by atoms with Gasteiger partial charge in [-0.05, 0) is 35.4 Å². The van der Waals surface area contributed by atoms with Gasteiger partial charge in [-0.25, -0.2) is 0 Å². The van der Waals surface area contributed by atoms with Gasteiger partial charge in [0.1, 0.15) is 0 Å². The maximum atomic E-state index is 11.5. The number of nitrogens with zero attached hydrogens (tertiary/aromatic N) is 1. The van der Waals surface area contributed by atoms with Crippen LogP contribution in [0.25, 0.3) is 0 Å². The summed E-state index contributed by atoms with van der Waals surface area (Å²) in [4.78, 5) is 13.1. The summed E-state index contributed by atoms with van der Waals surface area (Å²) in [6, 6.07) is 8.83. The van der Waals surface area contributed by atoms with Crippen LogP contribution in [0.1, 0.15) is 11.1 Å². The topological polar surface area (TPSA) is 77.5 Å². The highest BCUT2D eigenvalue weighted by atomic mass is 16.5. The Morgan fingerprint density at radius 1 is 0.808 bits per heavy atom. The number of carbonyl (C=O) groups is 1. The van der Waals surface area contributed by atoms with Crippen molar-refractivity contribution in [3.05, 3.63) is 41.5 Å². The Morgan fingerprint density at radius 2 is 1.31 bits per heavy atom. The van der Waals surface area contributed by atoms with E-state index in [4.69, 9.17) is 18.9 Å². The van der Waals surface area contributed by atoms with E-state index in [1.165, 1.54) is 14.2 Å². The van der Waals surface area contributed by atoms with Crippen LogP contribution in [-0.4, -0.2) is 44.9 Å². The predicted molar refractivity (Wildman–Crippen MR) is 96.1 cm³/mol. The smallest absolute Gasteiger partial charge is 0.210 e. The third kappa shape index (κ3) is 4.30. The lowest BCUT2D eigenvalue weighted by molar-refractivity contribution is -0.119. The average molecular weight is 361 g/mol. The lowest BCUT2D eigenvalue weighted by Crippen LogP contribution is -2.21. The van der Waals surface area contributed by atoms with Crippen molar-refractivity contribution in [1.29, 1.82) is 0 Å². The number of amides is 1. The summed E-state index contributed by atoms with van der Waals surface area (Å²) in [5.74, 6) is 1.73. The number of rotatable bonds is 9. The number of carbonyl (C=O) groups excluding carboxylic acids is 1. The van der Waals surface area contributed by atoms with Gasteiger partial charge < -0.3 is 29.0 Å². The molecule has 0 bridgehead atoms. The lowest BCUT2D eigenvalue weighted by Gasteiger charge is -2.20. The molecule has 1 amide bonds. The molecule has 0 unspecified atom stereocenters. The summed E-state index contributed by atoms with van der Waals surface area (Å²) in [5, 5.41) is 9.99. The first-order valence-electron chi connectivity index (χ1n) is 7.90. The Kier molecular flexibility index (Phi) is 6.54. The minimum atomic E-state index is -0.0729. The van der Waals surface area contributed by atoms with Gasteiger partial charge in [0.05, 0.1) is 28.4 Å². The standard InChI is InChI=1S/C19H23NO6/c1-23-15-6-5-13(7-16(15)24-2)10-20(12-21)11-14-8-17(25-3)19(22)18(9-14)26-4/h5-9,12,22H,10-11H2,1-4H3. The molecule has 0 radical (unpaired) electrons. The number of phenols is 1. The fourth-order valence-corrected chi connectivity index (χ4v) is 2.62. The summed E-state index contributed by atoms with van der Waals surface area (Å²) >= 11 is 0. The van der Waals surface area contributed by atoms with Crippen LogP contribution in [0.4, 0.5) is 0 Å². The predicted octanol–water partition coefficient (Wildman–Crippen LogP) is 2.59. The number of phenolic OH excluding ortho intramolecular Hbond substituents is 1. The van der Waals surface area contributed by atoms with Crippen molar-refractivity contribution in [3.63, 3.8) is 0 Å². The maximum absolute atomic E-state index is 11.5. The van der Waals surface area contributed by atoms with Crippen LogP contribution in [-0.2, 0) is 17.9 Å². The molecule has 140 valence electrons. The fourth-order valence-electron chi connectivity index (χ4n) is 2.62. The van der Waals surface area contributed by atoms with Crippen LogP contribution in [0.15, 0.2) is 30.3 Å². The fraction of sp³-hybridized carbons (Fsp3) is 0.316. The molecule has 0 aliphatic heterocycles. The van der Waals surface area contributed by atoms with Gasteiger partial charge in [0.2, 0.25) is 12.2 Å². The molecule has 0 atom stereocenters. The second-order valence-electron chi connectivity index (χ2n) is 5.55. The molecule has 0 fully saturated rings. The molecule has 26 heavy (non-hydrogen) atoms. The summed E-state index contributed by atoms with van der Waals surface area (Å²) in [6.07, 6.45) is 0.766. The second kappa shape index (κ2) is 8.84. The van der Waals surface area contributed by atoms with Gasteiger partial charge >= 0.3 is 0 Å². The number of hydrogen-bond donors (Lipinski definition) is 1. The van der Waals surface area contributed by atoms with Gasteiger partial charge in [-0.1, -0.05) is 6.07 Å². The van der Waals surface area contributed by atoms with Gasteiger partial charge in [0.15, 0.2) is 23.0 Å². The monoisotopic (exact) mass is 361 g/mol. The highest BCUT2D eigenvalue weighted by Gasteiger charge is 2.14. The highest BCUT2D eigenvalue weighted by molar-refractivity contribution is 5.54. The molecule has 0 aromatic heterocycles. The van der Waals surface area contributed by atoms with Crippen LogP contribution in [0.2, 0.25) is 0 Å². The first-order valence-corrected chi connectivity index (χ1v) is 7.90. The van der Waals surface area contributed by atoms with Gasteiger partial charge in [0, 0.05) is 13.1 Å².